The molecule has 9 heteroatoms. The van der Waals surface area contributed by atoms with E-state index in [4.69, 9.17) is 9.47 Å². The largest absolute Gasteiger partial charge is 0.486 e. The first-order valence-electron chi connectivity index (χ1n) is 7.52. The van der Waals surface area contributed by atoms with E-state index < -0.39 is 10.0 Å². The highest BCUT2D eigenvalue weighted by molar-refractivity contribution is 7.91. The van der Waals surface area contributed by atoms with Crippen molar-refractivity contribution in [3.8, 4) is 11.5 Å². The molecule has 0 radical (unpaired) electrons. The maximum Gasteiger partial charge on any atom is 0.252 e. The smallest absolute Gasteiger partial charge is 0.252 e. The molecule has 3 aromatic rings. The van der Waals surface area contributed by atoms with Crippen LogP contribution in [0, 0.1) is 0 Å². The number of aromatic amines is 1. The van der Waals surface area contributed by atoms with Gasteiger partial charge in [0.05, 0.1) is 5.52 Å². The van der Waals surface area contributed by atoms with Gasteiger partial charge in [0.25, 0.3) is 5.56 Å². The zero-order valence-electron chi connectivity index (χ0n) is 12.9. The van der Waals surface area contributed by atoms with Crippen LogP contribution >= 0.6 is 11.3 Å². The Balaban J connectivity index is 1.66. The standard InChI is InChI=1S/C16H14N2O5S2/c19-16-11(9-17-25(20,21)15-2-1-5-24-15)6-10-7-13-14(8-12(10)18-16)23-4-3-22-13/h1-2,5-8,17H,3-4,9H2,(H,18,19). The third-order valence-corrected chi connectivity index (χ3v) is 6.60. The predicted molar refractivity (Wildman–Crippen MR) is 93.9 cm³/mol. The van der Waals surface area contributed by atoms with Crippen LogP contribution in [0.4, 0.5) is 0 Å². The van der Waals surface area contributed by atoms with E-state index in [1.807, 2.05) is 0 Å². The second kappa shape index (κ2) is 6.17. The number of nitrogens with one attached hydrogen (secondary N) is 2. The van der Waals surface area contributed by atoms with E-state index in [2.05, 4.69) is 9.71 Å². The molecule has 0 atom stereocenters. The number of ether oxygens (including phenoxy) is 2. The number of pyridine rings is 1. The van der Waals surface area contributed by atoms with Crippen molar-refractivity contribution in [1.82, 2.24) is 9.71 Å². The number of hydrogen-bond donors (Lipinski definition) is 2. The molecule has 0 saturated heterocycles. The van der Waals surface area contributed by atoms with Crippen LogP contribution in [0.1, 0.15) is 5.56 Å². The Morgan fingerprint density at radius 1 is 1.16 bits per heavy atom. The third-order valence-electron chi connectivity index (χ3n) is 3.80. The maximum absolute atomic E-state index is 12.2. The Bertz CT molecular complexity index is 1090. The normalized spacial score (nSPS) is 13.9. The highest BCUT2D eigenvalue weighted by Crippen LogP contribution is 2.33. The van der Waals surface area contributed by atoms with Crippen LogP contribution in [-0.2, 0) is 16.6 Å². The van der Waals surface area contributed by atoms with Gasteiger partial charge in [0, 0.05) is 23.6 Å². The zero-order chi connectivity index (χ0) is 17.4. The first-order valence-corrected chi connectivity index (χ1v) is 9.88. The van der Waals surface area contributed by atoms with Gasteiger partial charge in [0.2, 0.25) is 10.0 Å². The minimum atomic E-state index is -3.63. The number of sulfonamides is 1. The minimum absolute atomic E-state index is 0.0973. The molecular formula is C16H14N2O5S2. The van der Waals surface area contributed by atoms with Crippen molar-refractivity contribution in [3.05, 3.63) is 51.6 Å². The fourth-order valence-electron chi connectivity index (χ4n) is 2.58. The summed E-state index contributed by atoms with van der Waals surface area (Å²) in [5.41, 5.74) is 0.585. The molecule has 1 aliphatic rings. The molecule has 0 fully saturated rings. The Morgan fingerprint density at radius 2 is 1.92 bits per heavy atom. The van der Waals surface area contributed by atoms with E-state index >= 15 is 0 Å². The average molecular weight is 378 g/mol. The van der Waals surface area contributed by atoms with E-state index in [1.165, 1.54) is 6.07 Å². The van der Waals surface area contributed by atoms with Crippen molar-refractivity contribution in [1.29, 1.82) is 0 Å². The molecule has 3 heterocycles. The van der Waals surface area contributed by atoms with Gasteiger partial charge in [-0.05, 0) is 23.6 Å². The van der Waals surface area contributed by atoms with Gasteiger partial charge in [-0.1, -0.05) is 6.07 Å². The number of benzene rings is 1. The van der Waals surface area contributed by atoms with Gasteiger partial charge in [-0.3, -0.25) is 4.79 Å². The molecule has 4 rings (SSSR count). The van der Waals surface area contributed by atoms with Gasteiger partial charge >= 0.3 is 0 Å². The van der Waals surface area contributed by atoms with Crippen LogP contribution < -0.4 is 19.8 Å². The molecule has 1 aliphatic heterocycles. The molecule has 2 aromatic heterocycles. The lowest BCUT2D eigenvalue weighted by Gasteiger charge is -2.18. The summed E-state index contributed by atoms with van der Waals surface area (Å²) in [5, 5.41) is 2.43. The second-order valence-electron chi connectivity index (χ2n) is 5.46. The SMILES string of the molecule is O=c1[nH]c2cc3c(cc2cc1CNS(=O)(=O)c1cccs1)OCCO3. The van der Waals surface area contributed by atoms with E-state index in [9.17, 15) is 13.2 Å². The molecule has 0 spiro atoms. The molecule has 0 bridgehead atoms. The highest BCUT2D eigenvalue weighted by Gasteiger charge is 2.17. The van der Waals surface area contributed by atoms with Gasteiger partial charge in [0.15, 0.2) is 11.5 Å². The summed E-state index contributed by atoms with van der Waals surface area (Å²) in [5.74, 6) is 1.19. The van der Waals surface area contributed by atoms with Gasteiger partial charge in [-0.2, -0.15) is 0 Å². The predicted octanol–water partition coefficient (Wildman–Crippen LogP) is 1.84. The van der Waals surface area contributed by atoms with Crippen molar-refractivity contribution in [2.24, 2.45) is 0 Å². The van der Waals surface area contributed by atoms with Crippen LogP contribution in [0.25, 0.3) is 10.9 Å². The topological polar surface area (TPSA) is 97.5 Å². The molecular weight excluding hydrogens is 364 g/mol. The molecule has 25 heavy (non-hydrogen) atoms. The number of fused-ring (bicyclic) bond motifs is 2. The molecule has 2 N–H and O–H groups in total. The quantitative estimate of drug-likeness (QED) is 0.722. The summed E-state index contributed by atoms with van der Waals surface area (Å²) in [6.45, 7) is 0.834. The number of rotatable bonds is 4. The van der Waals surface area contributed by atoms with Crippen LogP contribution in [-0.4, -0.2) is 26.6 Å². The summed E-state index contributed by atoms with van der Waals surface area (Å²) >= 11 is 1.12. The molecule has 0 aliphatic carbocycles. The molecule has 130 valence electrons. The maximum atomic E-state index is 12.2. The number of thiophene rings is 1. The monoisotopic (exact) mass is 378 g/mol. The van der Waals surface area contributed by atoms with Gasteiger partial charge in [0.1, 0.15) is 17.4 Å². The summed E-state index contributed by atoms with van der Waals surface area (Å²) in [6.07, 6.45) is 0. The highest BCUT2D eigenvalue weighted by atomic mass is 32.2. The van der Waals surface area contributed by atoms with Crippen molar-refractivity contribution >= 4 is 32.3 Å². The number of hydrogen-bond acceptors (Lipinski definition) is 6. The number of aromatic nitrogens is 1. The molecule has 0 amide bonds. The number of H-pyrrole nitrogens is 1. The minimum Gasteiger partial charge on any atom is -0.486 e. The zero-order valence-corrected chi connectivity index (χ0v) is 14.6. The van der Waals surface area contributed by atoms with Crippen LogP contribution in [0.5, 0.6) is 11.5 Å². The Kier molecular flexibility index (Phi) is 3.98. The molecule has 0 unspecified atom stereocenters. The second-order valence-corrected chi connectivity index (χ2v) is 8.40. The van der Waals surface area contributed by atoms with Crippen molar-refractivity contribution in [3.63, 3.8) is 0 Å². The summed E-state index contributed by atoms with van der Waals surface area (Å²) in [4.78, 5) is 15.0. The van der Waals surface area contributed by atoms with E-state index in [1.54, 1.807) is 29.6 Å². The Morgan fingerprint density at radius 3 is 2.64 bits per heavy atom. The van der Waals surface area contributed by atoms with Crippen molar-refractivity contribution in [2.45, 2.75) is 10.8 Å². The van der Waals surface area contributed by atoms with Gasteiger partial charge in [-0.15, -0.1) is 11.3 Å². The lowest BCUT2D eigenvalue weighted by molar-refractivity contribution is 0.172. The first kappa shape index (κ1) is 16.1. The Hall–Kier alpha value is -2.36. The average Bonchev–Trinajstić information content (AvgIpc) is 3.14. The van der Waals surface area contributed by atoms with Crippen LogP contribution in [0.3, 0.4) is 0 Å². The van der Waals surface area contributed by atoms with E-state index in [0.717, 1.165) is 16.7 Å². The lowest BCUT2D eigenvalue weighted by atomic mass is 10.1. The lowest BCUT2D eigenvalue weighted by Crippen LogP contribution is -2.26. The van der Waals surface area contributed by atoms with Gasteiger partial charge in [-0.25, -0.2) is 13.1 Å². The van der Waals surface area contributed by atoms with Crippen molar-refractivity contribution < 1.29 is 17.9 Å². The van der Waals surface area contributed by atoms with E-state index in [0.29, 0.717) is 35.8 Å². The molecule has 7 nitrogen and oxygen atoms in total. The van der Waals surface area contributed by atoms with Gasteiger partial charge < -0.3 is 14.5 Å². The molecule has 1 aromatic carbocycles. The third kappa shape index (κ3) is 3.13. The summed E-state index contributed by atoms with van der Waals surface area (Å²) in [7, 11) is -3.63. The fourth-order valence-corrected chi connectivity index (χ4v) is 4.62. The van der Waals surface area contributed by atoms with Crippen LogP contribution in [0.15, 0.2) is 44.7 Å². The first-order chi connectivity index (χ1) is 12.0. The Labute approximate surface area is 147 Å². The van der Waals surface area contributed by atoms with Crippen molar-refractivity contribution in [2.75, 3.05) is 13.2 Å². The fraction of sp³-hybridized carbons (Fsp3) is 0.188. The van der Waals surface area contributed by atoms with E-state index in [-0.39, 0.29) is 16.3 Å². The summed E-state index contributed by atoms with van der Waals surface area (Å²) in [6, 6.07) is 8.32. The van der Waals surface area contributed by atoms with Crippen LogP contribution in [0.2, 0.25) is 0 Å². The molecule has 0 saturated carbocycles. The summed E-state index contributed by atoms with van der Waals surface area (Å²) < 4.78 is 38.1.